The lowest BCUT2D eigenvalue weighted by atomic mass is 10.4. The predicted octanol–water partition coefficient (Wildman–Crippen LogP) is 26.0. The summed E-state index contributed by atoms with van der Waals surface area (Å²) in [5, 5.41) is 36.0. The van der Waals surface area contributed by atoms with Crippen molar-refractivity contribution in [2.45, 2.75) is 346 Å². The molecule has 0 saturated carbocycles. The van der Waals surface area contributed by atoms with E-state index in [1.54, 1.807) is 106 Å². The zero-order chi connectivity index (χ0) is 91.1. The van der Waals surface area contributed by atoms with E-state index in [4.69, 9.17) is 0 Å². The first-order chi connectivity index (χ1) is 53.9. The molecule has 0 saturated heterocycles. The molecule has 10 aromatic heterocycles. The Hall–Kier alpha value is -9.48. The van der Waals surface area contributed by atoms with Crippen LogP contribution in [0.1, 0.15) is 334 Å². The molecule has 10 heterocycles. The van der Waals surface area contributed by atoms with Crippen molar-refractivity contribution in [3.63, 3.8) is 0 Å². The smallest absolute Gasteiger partial charge is 0.147 e. The second-order valence-electron chi connectivity index (χ2n) is 13.1. The first-order valence-corrected chi connectivity index (χ1v) is 40.7. The number of nitrogens with zero attached hydrogens (tertiary/aromatic N) is 24. The lowest BCUT2D eigenvalue weighted by molar-refractivity contribution is 0.907. The molecule has 640 valence electrons. The number of rotatable bonds is 0. The van der Waals surface area contributed by atoms with Crippen molar-refractivity contribution in [1.82, 2.24) is 121 Å². The highest BCUT2D eigenvalue weighted by atomic mass is 15.1. The van der Waals surface area contributed by atoms with Crippen molar-refractivity contribution in [1.29, 1.82) is 0 Å². The maximum absolute atomic E-state index is 3.92. The van der Waals surface area contributed by atoms with Gasteiger partial charge in [-0.05, 0) is 111 Å². The van der Waals surface area contributed by atoms with Gasteiger partial charge >= 0.3 is 0 Å². The summed E-state index contributed by atoms with van der Waals surface area (Å²) in [4.78, 5) is 53.1. The van der Waals surface area contributed by atoms with Gasteiger partial charge < -0.3 is 0 Å². The highest BCUT2D eigenvalue weighted by Gasteiger charge is 1.81. The first-order valence-electron chi connectivity index (χ1n) is 40.7. The molecule has 24 nitrogen and oxygen atoms in total. The minimum Gasteiger partial charge on any atom is -0.261 e. The van der Waals surface area contributed by atoms with Gasteiger partial charge in [-0.2, -0.15) is 35.7 Å². The van der Waals surface area contributed by atoms with Gasteiger partial charge in [0, 0.05) is 73.9 Å². The third-order valence-corrected chi connectivity index (χ3v) is 6.68. The van der Waals surface area contributed by atoms with Crippen LogP contribution in [0.4, 0.5) is 0 Å². The number of hydrogen-bond acceptors (Lipinski definition) is 24. The van der Waals surface area contributed by atoms with Crippen LogP contribution < -0.4 is 0 Å². The van der Waals surface area contributed by atoms with E-state index in [9.17, 15) is 0 Å². The molecule has 24 heteroatoms. The molecule has 0 radical (unpaired) electrons. The molecule has 0 spiro atoms. The Bertz CT molecular complexity index is 2010. The van der Waals surface area contributed by atoms with Gasteiger partial charge in [-0.1, -0.05) is 277 Å². The van der Waals surface area contributed by atoms with Gasteiger partial charge in [0.05, 0.1) is 47.6 Å². The molecule has 0 amide bonds. The van der Waals surface area contributed by atoms with Crippen LogP contribution >= 0.6 is 0 Å². The van der Waals surface area contributed by atoms with Gasteiger partial charge in [-0.15, -0.1) is 15.3 Å². The molecule has 10 rings (SSSR count). The topological polar surface area (TPSA) is 309 Å². The Balaban J connectivity index is -0.0000000432. The summed E-state index contributed by atoms with van der Waals surface area (Å²) in [6.07, 6.45) is 34.1. The van der Waals surface area contributed by atoms with E-state index in [2.05, 4.69) is 121 Å². The third-order valence-electron chi connectivity index (χ3n) is 6.68. The predicted molar refractivity (Wildman–Crippen MR) is 486 cm³/mol. The van der Waals surface area contributed by atoms with E-state index in [1.165, 1.54) is 38.0 Å². The van der Waals surface area contributed by atoms with Gasteiger partial charge in [0.1, 0.15) is 55.4 Å². The normalized spacial score (nSPS) is 6.64. The Labute approximate surface area is 681 Å². The van der Waals surface area contributed by atoms with E-state index in [0.29, 0.717) is 5.82 Å². The lowest BCUT2D eigenvalue weighted by Gasteiger charge is -1.81. The monoisotopic (exact) mass is 1550 g/mol. The van der Waals surface area contributed by atoms with Crippen LogP contribution in [0.5, 0.6) is 0 Å². The second-order valence-corrected chi connectivity index (χ2v) is 13.1. The van der Waals surface area contributed by atoms with E-state index in [0.717, 1.165) is 51.2 Å². The van der Waals surface area contributed by atoms with Gasteiger partial charge in [-0.3, -0.25) is 9.97 Å². The SMILES string of the molecule is CC.CC.CC.CC.CC.CC.CC.CC.CC.CC.CC.CC.CC.CC.CC.CC.CC.CC.CC.CC.Cc1cccnn1.Cc1ccncn1.Cc1ccnnc1.Cc1cnccn1.Cc1cncnc1.Cc1cncnn1.Cc1cnncn1.Cc1ncccn1.Cc1nccnn1.Cc1ncncn1. The number of hydrogen-bond donors (Lipinski definition) is 0. The molecule has 0 unspecified atom stereocenters. The van der Waals surface area contributed by atoms with Gasteiger partial charge in [-0.25, -0.2) is 59.8 Å². The summed E-state index contributed by atoms with van der Waals surface area (Å²) in [6.45, 7) is 98.9. The van der Waals surface area contributed by atoms with Crippen LogP contribution in [0.3, 0.4) is 0 Å². The molecular weight excluding hydrogens is 1370 g/mol. The van der Waals surface area contributed by atoms with Crippen LogP contribution in [0.2, 0.25) is 0 Å². The summed E-state index contributed by atoms with van der Waals surface area (Å²) >= 11 is 0. The average molecular weight is 1550 g/mol. The summed E-state index contributed by atoms with van der Waals surface area (Å²) in [6, 6.07) is 9.34. The highest BCUT2D eigenvalue weighted by Crippen LogP contribution is 1.87. The molecule has 0 bridgehead atoms. The quantitative estimate of drug-likeness (QED) is 0.136. The maximum Gasteiger partial charge on any atom is 0.147 e. The van der Waals surface area contributed by atoms with Gasteiger partial charge in [0.25, 0.3) is 0 Å². The van der Waals surface area contributed by atoms with Gasteiger partial charge in [0.2, 0.25) is 0 Å². The fourth-order valence-electron chi connectivity index (χ4n) is 3.43. The summed E-state index contributed by atoms with van der Waals surface area (Å²) in [5.41, 5.74) is 6.93. The maximum atomic E-state index is 3.92. The van der Waals surface area contributed by atoms with Crippen molar-refractivity contribution in [2.75, 3.05) is 0 Å². The van der Waals surface area contributed by atoms with Crippen molar-refractivity contribution in [3.05, 3.63) is 218 Å². The molecule has 0 aliphatic heterocycles. The molecule has 10 aromatic rings. The summed E-state index contributed by atoms with van der Waals surface area (Å²) in [7, 11) is 0. The first kappa shape index (κ1) is 154. The van der Waals surface area contributed by atoms with Crippen molar-refractivity contribution in [2.24, 2.45) is 0 Å². The van der Waals surface area contributed by atoms with E-state index in [1.807, 2.05) is 364 Å². The minimum atomic E-state index is 0.711. The summed E-state index contributed by atoms with van der Waals surface area (Å²) < 4.78 is 0. The van der Waals surface area contributed by atoms with Crippen LogP contribution in [-0.4, -0.2) is 121 Å². The molecule has 0 aliphatic carbocycles. The Morgan fingerprint density at radius 1 is 0.164 bits per heavy atom. The molecule has 0 atom stereocenters. The number of aryl methyl sites for hydroxylation is 10. The Kier molecular flexibility index (Phi) is 271. The molecular formula is C86H176N24. The van der Waals surface area contributed by atoms with Crippen LogP contribution in [0.15, 0.2) is 161 Å². The van der Waals surface area contributed by atoms with E-state index >= 15 is 0 Å². The molecule has 0 aliphatic rings. The second kappa shape index (κ2) is 194. The van der Waals surface area contributed by atoms with Crippen LogP contribution in [-0.2, 0) is 0 Å². The molecule has 110 heavy (non-hydrogen) atoms. The highest BCUT2D eigenvalue weighted by molar-refractivity contribution is 5.00. The summed E-state index contributed by atoms with van der Waals surface area (Å²) in [5.74, 6) is 2.29. The van der Waals surface area contributed by atoms with E-state index in [-0.39, 0.29) is 0 Å². The van der Waals surface area contributed by atoms with Crippen molar-refractivity contribution in [3.8, 4) is 0 Å². The molecule has 0 N–H and O–H groups in total. The van der Waals surface area contributed by atoms with Gasteiger partial charge in [0.15, 0.2) is 0 Å². The standard InChI is InChI=1S/6C5H6N2.4C4H5N3.20C2H6/c1-5-2-6-4-7-3-5;1-5-4-6-2-3-7-5;1-5-2-3-6-4-7-5;1-5-2-3-6-7-4-5;1-5-6-3-2-4-7-5;1-5-3-2-4-6-7-5;1-4-6-2-5-3-7-4;1-4-2-6-7-3-5-4;1-4-2-5-3-6-7-4;1-4-5-2-3-6-7-4;20*1-2/h6*2-4H,1H3;4*2-3H,1H3;20*1-2H3. The Morgan fingerprint density at radius 3 is 0.736 bits per heavy atom. The zero-order valence-corrected chi connectivity index (χ0v) is 80.7. The third kappa shape index (κ3) is 188. The zero-order valence-electron chi connectivity index (χ0n) is 80.7. The van der Waals surface area contributed by atoms with Crippen molar-refractivity contribution < 1.29 is 0 Å². The fourth-order valence-corrected chi connectivity index (χ4v) is 3.43. The lowest BCUT2D eigenvalue weighted by Crippen LogP contribution is -1.85. The molecule has 0 aromatic carbocycles. The van der Waals surface area contributed by atoms with Crippen molar-refractivity contribution >= 4 is 0 Å². The van der Waals surface area contributed by atoms with Crippen LogP contribution in [0, 0.1) is 69.2 Å². The number of aromatic nitrogens is 24. The largest absolute Gasteiger partial charge is 0.261 e. The fraction of sp³-hybridized carbons (Fsp3) is 0.581. The van der Waals surface area contributed by atoms with E-state index < -0.39 is 0 Å². The average Bonchev–Trinajstić information content (AvgIpc) is 2.03. The molecule has 0 fully saturated rings. The minimum absolute atomic E-state index is 0.711. The van der Waals surface area contributed by atoms with Crippen LogP contribution in [0.25, 0.3) is 0 Å². The Morgan fingerprint density at radius 2 is 0.555 bits per heavy atom.